The van der Waals surface area contributed by atoms with E-state index in [2.05, 4.69) is 34.9 Å². The second kappa shape index (κ2) is 11.5. The molecule has 7 heteroatoms. The third-order valence-corrected chi connectivity index (χ3v) is 6.24. The minimum absolute atomic E-state index is 0.00478. The Hall–Kier alpha value is -3.35. The number of benzene rings is 2. The highest BCUT2D eigenvalue weighted by molar-refractivity contribution is 5.79. The van der Waals surface area contributed by atoms with E-state index in [4.69, 9.17) is 9.84 Å². The van der Waals surface area contributed by atoms with Crippen LogP contribution in [0.25, 0.3) is 11.1 Å². The molecule has 176 valence electrons. The first kappa shape index (κ1) is 24.3. The first-order valence-corrected chi connectivity index (χ1v) is 11.5. The fourth-order valence-corrected chi connectivity index (χ4v) is 4.20. The van der Waals surface area contributed by atoms with E-state index >= 15 is 0 Å². The zero-order valence-electron chi connectivity index (χ0n) is 19.2. The van der Waals surface area contributed by atoms with Gasteiger partial charge >= 0.3 is 12.1 Å². The first-order valence-electron chi connectivity index (χ1n) is 11.5. The molecule has 33 heavy (non-hydrogen) atoms. The standard InChI is InChI=1S/C26H32N2O5/c1-3-18(14-24(29)30)15-28-25(31)17(2)12-13-27-26(32)33-16-23-21-10-6-4-8-19(21)20-9-5-7-11-22(20)23/h4-11,17-18,23H,3,12-16H2,1-2H3,(H,27,32)(H,28,31)(H,29,30). The molecule has 0 bridgehead atoms. The Kier molecular flexibility index (Phi) is 8.46. The molecule has 3 N–H and O–H groups in total. The molecule has 2 atom stereocenters. The molecule has 2 aromatic carbocycles. The number of hydrogen-bond acceptors (Lipinski definition) is 4. The fraction of sp³-hybridized carbons (Fsp3) is 0.423. The summed E-state index contributed by atoms with van der Waals surface area (Å²) in [6, 6.07) is 16.3. The molecular formula is C26H32N2O5. The molecule has 7 nitrogen and oxygen atoms in total. The van der Waals surface area contributed by atoms with E-state index in [1.807, 2.05) is 31.2 Å². The van der Waals surface area contributed by atoms with Crippen LogP contribution in [0.2, 0.25) is 0 Å². The molecule has 0 aliphatic heterocycles. The molecule has 2 unspecified atom stereocenters. The van der Waals surface area contributed by atoms with Crippen molar-refractivity contribution in [2.45, 2.75) is 39.0 Å². The van der Waals surface area contributed by atoms with Crippen LogP contribution in [0.5, 0.6) is 0 Å². The molecule has 0 saturated heterocycles. The van der Waals surface area contributed by atoms with Gasteiger partial charge in [0.15, 0.2) is 0 Å². The Labute approximate surface area is 194 Å². The summed E-state index contributed by atoms with van der Waals surface area (Å²) in [5, 5.41) is 14.4. The predicted molar refractivity (Wildman–Crippen MR) is 126 cm³/mol. The van der Waals surface area contributed by atoms with Crippen molar-refractivity contribution in [3.8, 4) is 11.1 Å². The largest absolute Gasteiger partial charge is 0.481 e. The van der Waals surface area contributed by atoms with Gasteiger partial charge in [-0.15, -0.1) is 0 Å². The van der Waals surface area contributed by atoms with E-state index in [1.165, 1.54) is 11.1 Å². The van der Waals surface area contributed by atoms with Crippen molar-refractivity contribution in [3.05, 3.63) is 59.7 Å². The van der Waals surface area contributed by atoms with E-state index in [0.29, 0.717) is 25.9 Å². The molecular weight excluding hydrogens is 420 g/mol. The molecule has 0 heterocycles. The maximum Gasteiger partial charge on any atom is 0.407 e. The number of aliphatic carboxylic acids is 1. The number of carboxylic acid groups (broad SMARTS) is 1. The van der Waals surface area contributed by atoms with Crippen LogP contribution in [0.3, 0.4) is 0 Å². The van der Waals surface area contributed by atoms with Crippen LogP contribution in [0.4, 0.5) is 4.79 Å². The molecule has 2 amide bonds. The lowest BCUT2D eigenvalue weighted by Gasteiger charge is -2.17. The number of nitrogens with one attached hydrogen (secondary N) is 2. The molecule has 0 spiro atoms. The molecule has 0 fully saturated rings. The highest BCUT2D eigenvalue weighted by atomic mass is 16.5. The maximum absolute atomic E-state index is 12.3. The van der Waals surface area contributed by atoms with E-state index in [0.717, 1.165) is 11.1 Å². The van der Waals surface area contributed by atoms with Crippen LogP contribution in [0, 0.1) is 11.8 Å². The van der Waals surface area contributed by atoms with Crippen LogP contribution < -0.4 is 10.6 Å². The molecule has 0 radical (unpaired) electrons. The van der Waals surface area contributed by atoms with Crippen molar-refractivity contribution in [2.24, 2.45) is 11.8 Å². The predicted octanol–water partition coefficient (Wildman–Crippen LogP) is 4.17. The zero-order chi connectivity index (χ0) is 23.8. The molecule has 0 saturated carbocycles. The van der Waals surface area contributed by atoms with Gasteiger partial charge < -0.3 is 20.5 Å². The van der Waals surface area contributed by atoms with E-state index < -0.39 is 12.1 Å². The highest BCUT2D eigenvalue weighted by Crippen LogP contribution is 2.44. The van der Waals surface area contributed by atoms with Crippen molar-refractivity contribution in [1.82, 2.24) is 10.6 Å². The summed E-state index contributed by atoms with van der Waals surface area (Å²) in [7, 11) is 0. The summed E-state index contributed by atoms with van der Waals surface area (Å²) < 4.78 is 5.51. The van der Waals surface area contributed by atoms with E-state index in [9.17, 15) is 14.4 Å². The normalized spacial score (nSPS) is 14.0. The number of ether oxygens (including phenoxy) is 1. The topological polar surface area (TPSA) is 105 Å². The maximum atomic E-state index is 12.3. The van der Waals surface area contributed by atoms with Crippen molar-refractivity contribution in [3.63, 3.8) is 0 Å². The Morgan fingerprint density at radius 2 is 1.61 bits per heavy atom. The number of alkyl carbamates (subject to hydrolysis) is 1. The molecule has 2 aromatic rings. The van der Waals surface area contributed by atoms with Gasteiger partial charge in [-0.2, -0.15) is 0 Å². The summed E-state index contributed by atoms with van der Waals surface area (Å²) >= 11 is 0. The van der Waals surface area contributed by atoms with Crippen molar-refractivity contribution in [2.75, 3.05) is 19.7 Å². The van der Waals surface area contributed by atoms with Crippen LogP contribution in [0.15, 0.2) is 48.5 Å². The zero-order valence-corrected chi connectivity index (χ0v) is 19.2. The average molecular weight is 453 g/mol. The number of carbonyl (C=O) groups excluding carboxylic acids is 2. The quantitative estimate of drug-likeness (QED) is 0.475. The van der Waals surface area contributed by atoms with Crippen LogP contribution in [-0.4, -0.2) is 42.8 Å². The van der Waals surface area contributed by atoms with Crippen molar-refractivity contribution in [1.29, 1.82) is 0 Å². The molecule has 1 aliphatic carbocycles. The van der Waals surface area contributed by atoms with Crippen LogP contribution in [-0.2, 0) is 14.3 Å². The third-order valence-electron chi connectivity index (χ3n) is 6.24. The Morgan fingerprint density at radius 1 is 1.00 bits per heavy atom. The smallest absolute Gasteiger partial charge is 0.407 e. The Bertz CT molecular complexity index is 945. The summed E-state index contributed by atoms with van der Waals surface area (Å²) in [5.41, 5.74) is 4.67. The number of hydrogen-bond donors (Lipinski definition) is 3. The summed E-state index contributed by atoms with van der Waals surface area (Å²) in [6.07, 6.45) is 0.682. The van der Waals surface area contributed by atoms with Gasteiger partial charge in [0, 0.05) is 31.3 Å². The highest BCUT2D eigenvalue weighted by Gasteiger charge is 2.29. The van der Waals surface area contributed by atoms with E-state index in [-0.39, 0.29) is 36.7 Å². The Morgan fingerprint density at radius 3 is 2.18 bits per heavy atom. The second-order valence-corrected chi connectivity index (χ2v) is 8.56. The molecule has 1 aliphatic rings. The number of amides is 2. The second-order valence-electron chi connectivity index (χ2n) is 8.56. The average Bonchev–Trinajstić information content (AvgIpc) is 3.13. The van der Waals surface area contributed by atoms with Gasteiger partial charge in [0.2, 0.25) is 5.91 Å². The van der Waals surface area contributed by atoms with Gasteiger partial charge in [-0.05, 0) is 34.6 Å². The van der Waals surface area contributed by atoms with Crippen molar-refractivity contribution < 1.29 is 24.2 Å². The summed E-state index contributed by atoms with van der Waals surface area (Å²) in [6.45, 7) is 4.59. The number of carboxylic acids is 1. The minimum Gasteiger partial charge on any atom is -0.481 e. The van der Waals surface area contributed by atoms with Gasteiger partial charge in [-0.3, -0.25) is 9.59 Å². The van der Waals surface area contributed by atoms with Gasteiger partial charge in [-0.25, -0.2) is 4.79 Å². The van der Waals surface area contributed by atoms with Gasteiger partial charge in [0.25, 0.3) is 0 Å². The van der Waals surface area contributed by atoms with Gasteiger partial charge in [0.1, 0.15) is 6.61 Å². The first-order chi connectivity index (χ1) is 15.9. The fourth-order valence-electron chi connectivity index (χ4n) is 4.20. The molecule has 0 aromatic heterocycles. The van der Waals surface area contributed by atoms with Crippen LogP contribution in [0.1, 0.15) is 50.2 Å². The summed E-state index contributed by atoms with van der Waals surface area (Å²) in [5.74, 6) is -1.39. The van der Waals surface area contributed by atoms with Gasteiger partial charge in [0.05, 0.1) is 0 Å². The molecule has 3 rings (SSSR count). The number of rotatable bonds is 11. The monoisotopic (exact) mass is 452 g/mol. The third kappa shape index (κ3) is 6.34. The van der Waals surface area contributed by atoms with E-state index in [1.54, 1.807) is 6.92 Å². The van der Waals surface area contributed by atoms with Crippen molar-refractivity contribution >= 4 is 18.0 Å². The number of carbonyl (C=O) groups is 3. The lowest BCUT2D eigenvalue weighted by molar-refractivity contribution is -0.138. The van der Waals surface area contributed by atoms with Crippen LogP contribution >= 0.6 is 0 Å². The lowest BCUT2D eigenvalue weighted by atomic mass is 9.98. The Balaban J connectivity index is 1.41. The minimum atomic E-state index is -0.864. The summed E-state index contributed by atoms with van der Waals surface area (Å²) in [4.78, 5) is 35.3. The number of fused-ring (bicyclic) bond motifs is 3. The van der Waals surface area contributed by atoms with Gasteiger partial charge in [-0.1, -0.05) is 68.8 Å². The SMILES string of the molecule is CCC(CNC(=O)C(C)CCNC(=O)OCC1c2ccccc2-c2ccccc21)CC(=O)O. The lowest BCUT2D eigenvalue weighted by Crippen LogP contribution is -2.36.